The number of fused-ring (bicyclic) bond motifs is 1. The predicted octanol–water partition coefficient (Wildman–Crippen LogP) is 2.99. The van der Waals surface area contributed by atoms with E-state index < -0.39 is 0 Å². The predicted molar refractivity (Wildman–Crippen MR) is 91.2 cm³/mol. The molecular weight excluding hydrogens is 286 g/mol. The number of hydrogen-bond donors (Lipinski definition) is 1. The first kappa shape index (κ1) is 14.6. The summed E-state index contributed by atoms with van der Waals surface area (Å²) in [6.45, 7) is 2.96. The van der Waals surface area contributed by atoms with Crippen LogP contribution in [0, 0.1) is 5.92 Å². The molecule has 2 aromatic rings. The van der Waals surface area contributed by atoms with Gasteiger partial charge in [-0.1, -0.05) is 43.2 Å². The number of nitrogens with zero attached hydrogens (tertiary/aromatic N) is 2. The third-order valence-corrected chi connectivity index (χ3v) is 5.19. The summed E-state index contributed by atoms with van der Waals surface area (Å²) >= 11 is 0. The maximum atomic E-state index is 12.4. The molecule has 1 aliphatic heterocycles. The number of aromatic amines is 1. The van der Waals surface area contributed by atoms with Gasteiger partial charge < -0.3 is 4.98 Å². The van der Waals surface area contributed by atoms with Gasteiger partial charge in [0.1, 0.15) is 5.82 Å². The number of hydrogen-bond acceptors (Lipinski definition) is 3. The molecule has 1 saturated carbocycles. The summed E-state index contributed by atoms with van der Waals surface area (Å²) in [7, 11) is 0. The second-order valence-electron chi connectivity index (χ2n) is 6.84. The molecule has 0 unspecified atom stereocenters. The highest BCUT2D eigenvalue weighted by Gasteiger charge is 2.24. The van der Waals surface area contributed by atoms with Crippen LogP contribution in [-0.4, -0.2) is 28.0 Å². The number of benzene rings is 1. The Bertz CT molecular complexity index is 732. The van der Waals surface area contributed by atoms with Crippen LogP contribution in [0.25, 0.3) is 11.4 Å². The lowest BCUT2D eigenvalue weighted by molar-refractivity contribution is 0.211. The maximum absolute atomic E-state index is 12.4. The van der Waals surface area contributed by atoms with Gasteiger partial charge in [0.15, 0.2) is 0 Å². The molecule has 4 rings (SSSR count). The summed E-state index contributed by atoms with van der Waals surface area (Å²) in [6.07, 6.45) is 6.30. The van der Waals surface area contributed by atoms with Gasteiger partial charge in [-0.2, -0.15) is 0 Å². The first-order valence-electron chi connectivity index (χ1n) is 8.69. The van der Waals surface area contributed by atoms with Crippen LogP contribution in [0.4, 0.5) is 0 Å². The Kier molecular flexibility index (Phi) is 4.00. The zero-order valence-electron chi connectivity index (χ0n) is 13.4. The molecule has 1 aromatic carbocycles. The molecule has 2 heterocycles. The zero-order valence-corrected chi connectivity index (χ0v) is 13.4. The van der Waals surface area contributed by atoms with Crippen LogP contribution < -0.4 is 5.56 Å². The molecule has 0 atom stereocenters. The van der Waals surface area contributed by atoms with Crippen molar-refractivity contribution < 1.29 is 0 Å². The Morgan fingerprint density at radius 2 is 1.96 bits per heavy atom. The van der Waals surface area contributed by atoms with E-state index in [1.165, 1.54) is 25.7 Å². The van der Waals surface area contributed by atoms with Crippen molar-refractivity contribution >= 4 is 0 Å². The van der Waals surface area contributed by atoms with Crippen LogP contribution in [0.2, 0.25) is 0 Å². The lowest BCUT2D eigenvalue weighted by atomic mass is 10.0. The molecule has 0 saturated heterocycles. The van der Waals surface area contributed by atoms with E-state index in [1.807, 2.05) is 30.3 Å². The average Bonchev–Trinajstić information content (AvgIpc) is 3.08. The van der Waals surface area contributed by atoms with Crippen molar-refractivity contribution in [2.75, 3.05) is 13.1 Å². The highest BCUT2D eigenvalue weighted by atomic mass is 16.1. The van der Waals surface area contributed by atoms with Crippen molar-refractivity contribution in [1.29, 1.82) is 0 Å². The van der Waals surface area contributed by atoms with Crippen LogP contribution in [-0.2, 0) is 13.0 Å². The van der Waals surface area contributed by atoms with Crippen LogP contribution in [0.5, 0.6) is 0 Å². The summed E-state index contributed by atoms with van der Waals surface area (Å²) in [5.74, 6) is 1.53. The van der Waals surface area contributed by atoms with Gasteiger partial charge in [-0.25, -0.2) is 4.98 Å². The first-order chi connectivity index (χ1) is 11.3. The van der Waals surface area contributed by atoms with E-state index in [9.17, 15) is 4.79 Å². The van der Waals surface area contributed by atoms with Crippen LogP contribution in [0.15, 0.2) is 35.1 Å². The fraction of sp³-hybridized carbons (Fsp3) is 0.474. The Labute approximate surface area is 136 Å². The lowest BCUT2D eigenvalue weighted by Crippen LogP contribution is -2.37. The van der Waals surface area contributed by atoms with E-state index in [4.69, 9.17) is 4.98 Å². The summed E-state index contributed by atoms with van der Waals surface area (Å²) in [5.41, 5.74) is 2.86. The molecule has 120 valence electrons. The number of rotatable bonds is 3. The highest BCUT2D eigenvalue weighted by molar-refractivity contribution is 5.54. The van der Waals surface area contributed by atoms with E-state index in [1.54, 1.807) is 0 Å². The molecule has 23 heavy (non-hydrogen) atoms. The smallest absolute Gasteiger partial charge is 0.254 e. The largest absolute Gasteiger partial charge is 0.306 e. The maximum Gasteiger partial charge on any atom is 0.254 e. The number of aromatic nitrogens is 2. The van der Waals surface area contributed by atoms with Crippen molar-refractivity contribution in [1.82, 2.24) is 14.9 Å². The van der Waals surface area contributed by atoms with E-state index in [2.05, 4.69) is 9.88 Å². The summed E-state index contributed by atoms with van der Waals surface area (Å²) < 4.78 is 0. The zero-order chi connectivity index (χ0) is 15.6. The molecule has 0 spiro atoms. The van der Waals surface area contributed by atoms with Gasteiger partial charge in [0, 0.05) is 30.8 Å². The monoisotopic (exact) mass is 309 g/mol. The minimum Gasteiger partial charge on any atom is -0.306 e. The van der Waals surface area contributed by atoms with Crippen molar-refractivity contribution in [2.24, 2.45) is 5.92 Å². The lowest BCUT2D eigenvalue weighted by Gasteiger charge is -2.29. The molecule has 2 aliphatic rings. The molecule has 4 heteroatoms. The average molecular weight is 309 g/mol. The third-order valence-electron chi connectivity index (χ3n) is 5.19. The summed E-state index contributed by atoms with van der Waals surface area (Å²) in [4.78, 5) is 22.6. The quantitative estimate of drug-likeness (QED) is 0.948. The second kappa shape index (κ2) is 6.28. The Balaban J connectivity index is 1.59. The van der Waals surface area contributed by atoms with Crippen LogP contribution in [0.3, 0.4) is 0 Å². The fourth-order valence-electron chi connectivity index (χ4n) is 3.94. The Morgan fingerprint density at radius 3 is 2.74 bits per heavy atom. The van der Waals surface area contributed by atoms with E-state index in [0.717, 1.165) is 48.8 Å². The molecule has 1 aromatic heterocycles. The normalized spacial score (nSPS) is 19.0. The van der Waals surface area contributed by atoms with Gasteiger partial charge in [0.25, 0.3) is 5.56 Å². The first-order valence-corrected chi connectivity index (χ1v) is 8.69. The van der Waals surface area contributed by atoms with Gasteiger partial charge in [-0.15, -0.1) is 0 Å². The SMILES string of the molecule is O=c1[nH]c(-c2ccccc2)nc2c1CCN(CC1CCCC1)C2. The van der Waals surface area contributed by atoms with Crippen molar-refractivity contribution in [2.45, 2.75) is 38.6 Å². The molecular formula is C19H23N3O. The molecule has 0 radical (unpaired) electrons. The van der Waals surface area contributed by atoms with Crippen molar-refractivity contribution in [3.05, 3.63) is 51.9 Å². The molecule has 0 amide bonds. The Morgan fingerprint density at radius 1 is 1.17 bits per heavy atom. The number of H-pyrrole nitrogens is 1. The van der Waals surface area contributed by atoms with Crippen LogP contribution >= 0.6 is 0 Å². The Hall–Kier alpha value is -1.94. The number of nitrogens with one attached hydrogen (secondary N) is 1. The van der Waals surface area contributed by atoms with Gasteiger partial charge >= 0.3 is 0 Å². The minimum atomic E-state index is 0.0365. The fourth-order valence-corrected chi connectivity index (χ4v) is 3.94. The van der Waals surface area contributed by atoms with Gasteiger partial charge in [-0.3, -0.25) is 9.69 Å². The van der Waals surface area contributed by atoms with Gasteiger partial charge in [0.2, 0.25) is 0 Å². The van der Waals surface area contributed by atoms with Gasteiger partial charge in [0.05, 0.1) is 5.69 Å². The van der Waals surface area contributed by atoms with Gasteiger partial charge in [-0.05, 0) is 25.2 Å². The van der Waals surface area contributed by atoms with E-state index in [0.29, 0.717) is 5.82 Å². The minimum absolute atomic E-state index is 0.0365. The van der Waals surface area contributed by atoms with Crippen LogP contribution in [0.1, 0.15) is 36.9 Å². The van der Waals surface area contributed by atoms with E-state index in [-0.39, 0.29) is 5.56 Å². The molecule has 4 nitrogen and oxygen atoms in total. The van der Waals surface area contributed by atoms with Crippen molar-refractivity contribution in [3.8, 4) is 11.4 Å². The highest BCUT2D eigenvalue weighted by Crippen LogP contribution is 2.27. The van der Waals surface area contributed by atoms with Crippen molar-refractivity contribution in [3.63, 3.8) is 0 Å². The van der Waals surface area contributed by atoms with E-state index >= 15 is 0 Å². The topological polar surface area (TPSA) is 49.0 Å². The standard InChI is InChI=1S/C19H23N3O/c23-19-16-10-11-22(12-14-6-4-5-7-14)13-17(16)20-18(21-19)15-8-2-1-3-9-15/h1-3,8-9,14H,4-7,10-13H2,(H,20,21,23). The molecule has 1 fully saturated rings. The molecule has 0 bridgehead atoms. The third kappa shape index (κ3) is 3.08. The summed E-state index contributed by atoms with van der Waals surface area (Å²) in [6, 6.07) is 9.90. The molecule has 1 N–H and O–H groups in total. The summed E-state index contributed by atoms with van der Waals surface area (Å²) in [5, 5.41) is 0. The second-order valence-corrected chi connectivity index (χ2v) is 6.84. The molecule has 1 aliphatic carbocycles.